The summed E-state index contributed by atoms with van der Waals surface area (Å²) >= 11 is 0. The van der Waals surface area contributed by atoms with E-state index in [4.69, 9.17) is 0 Å². The van der Waals surface area contributed by atoms with Gasteiger partial charge in [0.2, 0.25) is 0 Å². The molecule has 100 valence electrons. The van der Waals surface area contributed by atoms with Crippen molar-refractivity contribution >= 4 is 5.69 Å². The summed E-state index contributed by atoms with van der Waals surface area (Å²) in [5, 5.41) is 23.3. The van der Waals surface area contributed by atoms with E-state index >= 15 is 0 Å². The Hall–Kier alpha value is -1.46. The molecule has 5 heteroatoms. The highest BCUT2D eigenvalue weighted by Gasteiger charge is 2.13. The maximum atomic E-state index is 10.8. The number of benzene rings is 1. The van der Waals surface area contributed by atoms with Gasteiger partial charge in [-0.15, -0.1) is 0 Å². The predicted molar refractivity (Wildman–Crippen MR) is 70.4 cm³/mol. The second-order valence-electron chi connectivity index (χ2n) is 4.69. The van der Waals surface area contributed by atoms with Crippen LogP contribution in [0.15, 0.2) is 18.2 Å². The van der Waals surface area contributed by atoms with E-state index in [0.29, 0.717) is 18.5 Å². The van der Waals surface area contributed by atoms with Gasteiger partial charge in [0.1, 0.15) is 0 Å². The third kappa shape index (κ3) is 4.09. The minimum Gasteiger partial charge on any atom is -0.393 e. The summed E-state index contributed by atoms with van der Waals surface area (Å²) in [6.07, 6.45) is 0.312. The first-order valence-electron chi connectivity index (χ1n) is 6.06. The molecule has 2 N–H and O–H groups in total. The molecule has 0 aromatic heterocycles. The minimum atomic E-state index is -0.363. The normalized spacial score (nSPS) is 14.2. The highest BCUT2D eigenvalue weighted by molar-refractivity contribution is 5.44. The Bertz CT molecular complexity index is 419. The monoisotopic (exact) mass is 252 g/mol. The summed E-state index contributed by atoms with van der Waals surface area (Å²) in [6.45, 7) is 6.06. The fourth-order valence-corrected chi connectivity index (χ4v) is 1.94. The van der Waals surface area contributed by atoms with Crippen molar-refractivity contribution in [1.29, 1.82) is 0 Å². The maximum Gasteiger partial charge on any atom is 0.272 e. The Kier molecular flexibility index (Phi) is 5.25. The number of aliphatic hydroxyl groups excluding tert-OH is 1. The molecule has 1 aromatic carbocycles. The summed E-state index contributed by atoms with van der Waals surface area (Å²) in [6, 6.07) is 5.26. The van der Waals surface area contributed by atoms with Gasteiger partial charge in [-0.05, 0) is 32.8 Å². The second-order valence-corrected chi connectivity index (χ2v) is 4.69. The molecule has 0 spiro atoms. The summed E-state index contributed by atoms with van der Waals surface area (Å²) in [4.78, 5) is 10.4. The van der Waals surface area contributed by atoms with E-state index in [9.17, 15) is 15.2 Å². The van der Waals surface area contributed by atoms with Crippen LogP contribution >= 0.6 is 0 Å². The molecule has 0 saturated heterocycles. The van der Waals surface area contributed by atoms with Crippen LogP contribution in [-0.2, 0) is 6.54 Å². The van der Waals surface area contributed by atoms with Crippen LogP contribution < -0.4 is 5.32 Å². The molecule has 0 saturated carbocycles. The zero-order valence-corrected chi connectivity index (χ0v) is 11.0. The third-order valence-electron chi connectivity index (χ3n) is 2.95. The molecule has 0 amide bonds. The van der Waals surface area contributed by atoms with E-state index in [2.05, 4.69) is 5.32 Å². The average Bonchev–Trinajstić information content (AvgIpc) is 2.26. The van der Waals surface area contributed by atoms with Crippen LogP contribution in [0.5, 0.6) is 0 Å². The average molecular weight is 252 g/mol. The molecule has 5 nitrogen and oxygen atoms in total. The lowest BCUT2D eigenvalue weighted by atomic mass is 10.1. The number of nitrogens with zero attached hydrogens (tertiary/aromatic N) is 1. The topological polar surface area (TPSA) is 75.4 Å². The van der Waals surface area contributed by atoms with Crippen LogP contribution in [0.4, 0.5) is 5.69 Å². The van der Waals surface area contributed by atoms with E-state index in [1.165, 1.54) is 6.07 Å². The maximum absolute atomic E-state index is 10.8. The Morgan fingerprint density at radius 2 is 2.11 bits per heavy atom. The van der Waals surface area contributed by atoms with Gasteiger partial charge in [0.25, 0.3) is 5.69 Å². The van der Waals surface area contributed by atoms with Gasteiger partial charge in [-0.1, -0.05) is 12.1 Å². The molecule has 2 atom stereocenters. The molecule has 0 aliphatic rings. The van der Waals surface area contributed by atoms with Gasteiger partial charge in [0.05, 0.1) is 11.0 Å². The van der Waals surface area contributed by atoms with Gasteiger partial charge < -0.3 is 10.4 Å². The van der Waals surface area contributed by atoms with Crippen molar-refractivity contribution in [2.75, 3.05) is 0 Å². The molecular weight excluding hydrogens is 232 g/mol. The van der Waals surface area contributed by atoms with Gasteiger partial charge in [-0.25, -0.2) is 0 Å². The van der Waals surface area contributed by atoms with Crippen molar-refractivity contribution in [2.24, 2.45) is 0 Å². The van der Waals surface area contributed by atoms with E-state index < -0.39 is 0 Å². The Balaban J connectivity index is 2.68. The summed E-state index contributed by atoms with van der Waals surface area (Å²) in [5.74, 6) is 0. The molecular formula is C13H20N2O3. The summed E-state index contributed by atoms with van der Waals surface area (Å²) in [7, 11) is 0. The summed E-state index contributed by atoms with van der Waals surface area (Å²) in [5.41, 5.74) is 1.76. The van der Waals surface area contributed by atoms with E-state index in [-0.39, 0.29) is 22.8 Å². The highest BCUT2D eigenvalue weighted by Crippen LogP contribution is 2.21. The van der Waals surface area contributed by atoms with E-state index in [1.807, 2.05) is 13.0 Å². The molecule has 0 bridgehead atoms. The summed E-state index contributed by atoms with van der Waals surface area (Å²) < 4.78 is 0. The van der Waals surface area contributed by atoms with Crippen molar-refractivity contribution in [1.82, 2.24) is 5.32 Å². The number of aliphatic hydroxyl groups is 1. The van der Waals surface area contributed by atoms with Crippen molar-refractivity contribution in [3.05, 3.63) is 39.4 Å². The van der Waals surface area contributed by atoms with Gasteiger partial charge >= 0.3 is 0 Å². The zero-order valence-electron chi connectivity index (χ0n) is 11.0. The highest BCUT2D eigenvalue weighted by atomic mass is 16.6. The van der Waals surface area contributed by atoms with Gasteiger partial charge in [0, 0.05) is 24.2 Å². The molecule has 0 heterocycles. The minimum absolute atomic E-state index is 0.150. The van der Waals surface area contributed by atoms with Gasteiger partial charge in [0.15, 0.2) is 0 Å². The standard InChI is InChI=1S/C13H20N2O3/c1-9(7-10(2)16)14-8-12-5-4-6-13(11(12)3)15(17)18/h4-6,9-10,14,16H,7-8H2,1-3H3. The molecule has 0 aliphatic carbocycles. The van der Waals surface area contributed by atoms with Crippen LogP contribution in [0.1, 0.15) is 31.4 Å². The molecule has 18 heavy (non-hydrogen) atoms. The molecule has 1 aromatic rings. The lowest BCUT2D eigenvalue weighted by molar-refractivity contribution is -0.385. The number of nitrogens with one attached hydrogen (secondary N) is 1. The number of hydrogen-bond acceptors (Lipinski definition) is 4. The van der Waals surface area contributed by atoms with Crippen LogP contribution in [0, 0.1) is 17.0 Å². The van der Waals surface area contributed by atoms with E-state index in [1.54, 1.807) is 19.9 Å². The lowest BCUT2D eigenvalue weighted by Gasteiger charge is -2.16. The van der Waals surface area contributed by atoms with Crippen LogP contribution in [0.25, 0.3) is 0 Å². The number of rotatable bonds is 6. The number of nitro groups is 1. The van der Waals surface area contributed by atoms with Crippen molar-refractivity contribution in [3.8, 4) is 0 Å². The van der Waals surface area contributed by atoms with Crippen molar-refractivity contribution in [2.45, 2.75) is 45.9 Å². The van der Waals surface area contributed by atoms with E-state index in [0.717, 1.165) is 5.56 Å². The van der Waals surface area contributed by atoms with Crippen LogP contribution in [0.3, 0.4) is 0 Å². The molecule has 1 rings (SSSR count). The Labute approximate surface area is 107 Å². The first kappa shape index (κ1) is 14.6. The SMILES string of the molecule is Cc1c(CNC(C)CC(C)O)cccc1[N+](=O)[O-]. The number of hydrogen-bond donors (Lipinski definition) is 2. The predicted octanol–water partition coefficient (Wildman–Crippen LogP) is 2.15. The number of nitro benzene ring substituents is 1. The second kappa shape index (κ2) is 6.47. The first-order valence-corrected chi connectivity index (χ1v) is 6.06. The van der Waals surface area contributed by atoms with Gasteiger partial charge in [-0.2, -0.15) is 0 Å². The quantitative estimate of drug-likeness (QED) is 0.601. The zero-order chi connectivity index (χ0) is 13.7. The van der Waals surface area contributed by atoms with Crippen LogP contribution in [-0.4, -0.2) is 22.2 Å². The Morgan fingerprint density at radius 3 is 2.67 bits per heavy atom. The van der Waals surface area contributed by atoms with Gasteiger partial charge in [-0.3, -0.25) is 10.1 Å². The largest absolute Gasteiger partial charge is 0.393 e. The molecule has 0 fully saturated rings. The molecule has 2 unspecified atom stereocenters. The van der Waals surface area contributed by atoms with Crippen molar-refractivity contribution < 1.29 is 10.0 Å². The Morgan fingerprint density at radius 1 is 1.44 bits per heavy atom. The fourth-order valence-electron chi connectivity index (χ4n) is 1.94. The smallest absolute Gasteiger partial charge is 0.272 e. The third-order valence-corrected chi connectivity index (χ3v) is 2.95. The molecule has 0 aliphatic heterocycles. The lowest BCUT2D eigenvalue weighted by Crippen LogP contribution is -2.29. The van der Waals surface area contributed by atoms with Crippen LogP contribution in [0.2, 0.25) is 0 Å². The molecule has 0 radical (unpaired) electrons. The fraction of sp³-hybridized carbons (Fsp3) is 0.538. The van der Waals surface area contributed by atoms with Crippen molar-refractivity contribution in [3.63, 3.8) is 0 Å². The first-order chi connectivity index (χ1) is 8.41.